The number of rotatable bonds is 8. The van der Waals surface area contributed by atoms with Gasteiger partial charge in [0, 0.05) is 24.6 Å². The van der Waals surface area contributed by atoms with Crippen molar-refractivity contribution in [2.45, 2.75) is 19.3 Å². The number of fused-ring (bicyclic) bond motifs is 1. The van der Waals surface area contributed by atoms with Gasteiger partial charge in [-0.25, -0.2) is 0 Å². The molecule has 0 radical (unpaired) electrons. The summed E-state index contributed by atoms with van der Waals surface area (Å²) in [7, 11) is 3.21. The molecule has 3 aromatic rings. The fraction of sp³-hybridized carbons (Fsp3) is 0.273. The molecule has 6 heteroatoms. The van der Waals surface area contributed by atoms with Gasteiger partial charge in [-0.15, -0.1) is 0 Å². The highest BCUT2D eigenvalue weighted by atomic mass is 16.5. The first-order chi connectivity index (χ1) is 13.6. The van der Waals surface area contributed by atoms with Crippen LogP contribution in [0.5, 0.6) is 11.5 Å². The Hall–Kier alpha value is -3.28. The van der Waals surface area contributed by atoms with Crippen LogP contribution in [-0.4, -0.2) is 31.7 Å². The minimum absolute atomic E-state index is 0.0298. The second kappa shape index (κ2) is 9.08. The lowest BCUT2D eigenvalue weighted by Crippen LogP contribution is -2.27. The molecule has 1 aromatic heterocycles. The van der Waals surface area contributed by atoms with E-state index in [2.05, 4.69) is 10.3 Å². The third kappa shape index (κ3) is 4.91. The summed E-state index contributed by atoms with van der Waals surface area (Å²) in [6.45, 7) is 0.423. The van der Waals surface area contributed by atoms with Crippen molar-refractivity contribution in [2.24, 2.45) is 0 Å². The number of carbonyl (C=O) groups excluding carboxylic acids is 1. The number of ether oxygens (including phenoxy) is 2. The van der Waals surface area contributed by atoms with Gasteiger partial charge in [0.1, 0.15) is 11.5 Å². The van der Waals surface area contributed by atoms with Crippen LogP contribution in [0.2, 0.25) is 0 Å². The predicted molar refractivity (Wildman–Crippen MR) is 109 cm³/mol. The van der Waals surface area contributed by atoms with Crippen LogP contribution in [0.3, 0.4) is 0 Å². The lowest BCUT2D eigenvalue weighted by atomic mass is 10.1. The summed E-state index contributed by atoms with van der Waals surface area (Å²) < 4.78 is 10.3. The van der Waals surface area contributed by atoms with E-state index in [-0.39, 0.29) is 11.5 Å². The monoisotopic (exact) mass is 380 g/mol. The summed E-state index contributed by atoms with van der Waals surface area (Å²) in [6.07, 6.45) is 1.54. The van der Waals surface area contributed by atoms with Gasteiger partial charge in [-0.1, -0.05) is 12.1 Å². The molecular weight excluding hydrogens is 356 g/mol. The van der Waals surface area contributed by atoms with Gasteiger partial charge in [0.05, 0.1) is 19.7 Å². The Kier molecular flexibility index (Phi) is 6.32. The zero-order valence-corrected chi connectivity index (χ0v) is 16.1. The first-order valence-corrected chi connectivity index (χ1v) is 9.18. The molecule has 3 rings (SSSR count). The van der Waals surface area contributed by atoms with Crippen LogP contribution in [0.25, 0.3) is 10.9 Å². The van der Waals surface area contributed by atoms with Crippen molar-refractivity contribution >= 4 is 16.8 Å². The van der Waals surface area contributed by atoms with E-state index in [4.69, 9.17) is 9.47 Å². The van der Waals surface area contributed by atoms with E-state index in [1.54, 1.807) is 20.3 Å². The maximum Gasteiger partial charge on any atom is 0.251 e. The van der Waals surface area contributed by atoms with Gasteiger partial charge in [-0.2, -0.15) is 0 Å². The number of pyridine rings is 1. The standard InChI is InChI=1S/C22H24N2O4/c1-27-18-7-3-15(4-8-18)5-10-21(25)23-12-11-17-13-16-6-9-19(28-2)14-20(16)24-22(17)26/h3-4,6-9,13-14H,5,10-12H2,1-2H3,(H,23,25)(H,24,26). The van der Waals surface area contributed by atoms with Crippen LogP contribution < -0.4 is 20.3 Å². The van der Waals surface area contributed by atoms with Gasteiger partial charge >= 0.3 is 0 Å². The molecule has 0 saturated carbocycles. The van der Waals surface area contributed by atoms with Crippen LogP contribution in [0.4, 0.5) is 0 Å². The molecule has 146 valence electrons. The van der Waals surface area contributed by atoms with Crippen molar-refractivity contribution in [3.63, 3.8) is 0 Å². The Morgan fingerprint density at radius 1 is 0.964 bits per heavy atom. The summed E-state index contributed by atoms with van der Waals surface area (Å²) in [6, 6.07) is 15.1. The van der Waals surface area contributed by atoms with Crippen molar-refractivity contribution in [3.8, 4) is 11.5 Å². The molecule has 2 N–H and O–H groups in total. The van der Waals surface area contributed by atoms with Gasteiger partial charge in [-0.05, 0) is 54.1 Å². The molecule has 2 aromatic carbocycles. The van der Waals surface area contributed by atoms with Crippen molar-refractivity contribution in [1.82, 2.24) is 10.3 Å². The summed E-state index contributed by atoms with van der Waals surface area (Å²) in [5.41, 5.74) is 2.32. The van der Waals surface area contributed by atoms with Gasteiger partial charge in [0.25, 0.3) is 5.56 Å². The molecular formula is C22H24N2O4. The van der Waals surface area contributed by atoms with Gasteiger partial charge in [-0.3, -0.25) is 9.59 Å². The number of benzene rings is 2. The van der Waals surface area contributed by atoms with Crippen molar-refractivity contribution in [1.29, 1.82) is 0 Å². The Morgan fingerprint density at radius 3 is 2.39 bits per heavy atom. The largest absolute Gasteiger partial charge is 0.497 e. The fourth-order valence-corrected chi connectivity index (χ4v) is 3.01. The Balaban J connectivity index is 1.51. The first kappa shape index (κ1) is 19.5. The molecule has 0 aliphatic rings. The molecule has 1 amide bonds. The number of H-pyrrole nitrogens is 1. The average molecular weight is 380 g/mol. The molecule has 0 unspecified atom stereocenters. The van der Waals surface area contributed by atoms with Crippen LogP contribution in [-0.2, 0) is 17.6 Å². The van der Waals surface area contributed by atoms with Crippen LogP contribution in [0, 0.1) is 0 Å². The first-order valence-electron chi connectivity index (χ1n) is 9.18. The zero-order valence-electron chi connectivity index (χ0n) is 16.1. The molecule has 0 spiro atoms. The number of aromatic amines is 1. The molecule has 0 saturated heterocycles. The number of aromatic nitrogens is 1. The lowest BCUT2D eigenvalue weighted by molar-refractivity contribution is -0.121. The van der Waals surface area contributed by atoms with Gasteiger partial charge in [0.2, 0.25) is 5.91 Å². The van der Waals surface area contributed by atoms with E-state index in [0.717, 1.165) is 22.2 Å². The Bertz CT molecular complexity index is 1010. The van der Waals surface area contributed by atoms with Crippen LogP contribution in [0.1, 0.15) is 17.5 Å². The van der Waals surface area contributed by atoms with Crippen LogP contribution >= 0.6 is 0 Å². The van der Waals surface area contributed by atoms with E-state index >= 15 is 0 Å². The molecule has 0 aliphatic carbocycles. The fourth-order valence-electron chi connectivity index (χ4n) is 3.01. The number of nitrogens with one attached hydrogen (secondary N) is 2. The Labute approximate surface area is 163 Å². The van der Waals surface area contributed by atoms with Crippen molar-refractivity contribution in [3.05, 3.63) is 70.0 Å². The number of methoxy groups -OCH3 is 2. The molecule has 6 nitrogen and oxygen atoms in total. The number of hydrogen-bond donors (Lipinski definition) is 2. The van der Waals surface area contributed by atoms with E-state index in [9.17, 15) is 9.59 Å². The van der Waals surface area contributed by atoms with Crippen molar-refractivity contribution < 1.29 is 14.3 Å². The second-order valence-corrected chi connectivity index (χ2v) is 6.52. The smallest absolute Gasteiger partial charge is 0.251 e. The molecule has 0 fully saturated rings. The summed E-state index contributed by atoms with van der Waals surface area (Å²) >= 11 is 0. The van der Waals surface area contributed by atoms with Gasteiger partial charge < -0.3 is 19.8 Å². The van der Waals surface area contributed by atoms with Crippen LogP contribution in [0.15, 0.2) is 53.3 Å². The average Bonchev–Trinajstić information content (AvgIpc) is 2.72. The third-order valence-corrected chi connectivity index (χ3v) is 4.65. The van der Waals surface area contributed by atoms with E-state index < -0.39 is 0 Å². The van der Waals surface area contributed by atoms with Crippen molar-refractivity contribution in [2.75, 3.05) is 20.8 Å². The predicted octanol–water partition coefficient (Wildman–Crippen LogP) is 2.84. The summed E-state index contributed by atoms with van der Waals surface area (Å²) in [5.74, 6) is 1.46. The highest BCUT2D eigenvalue weighted by molar-refractivity contribution is 5.80. The summed E-state index contributed by atoms with van der Waals surface area (Å²) in [4.78, 5) is 27.2. The number of hydrogen-bond acceptors (Lipinski definition) is 4. The lowest BCUT2D eigenvalue weighted by Gasteiger charge is -2.07. The minimum Gasteiger partial charge on any atom is -0.497 e. The third-order valence-electron chi connectivity index (χ3n) is 4.65. The van der Waals surface area contributed by atoms with E-state index in [1.165, 1.54) is 0 Å². The molecule has 28 heavy (non-hydrogen) atoms. The molecule has 0 aliphatic heterocycles. The minimum atomic E-state index is -0.145. The number of aryl methyl sites for hydroxylation is 1. The highest BCUT2D eigenvalue weighted by Crippen LogP contribution is 2.18. The van der Waals surface area contributed by atoms with E-state index in [0.29, 0.717) is 37.1 Å². The normalized spacial score (nSPS) is 10.6. The summed E-state index contributed by atoms with van der Waals surface area (Å²) in [5, 5.41) is 3.81. The SMILES string of the molecule is COc1ccc(CCC(=O)NCCc2cc3ccc(OC)cc3[nH]c2=O)cc1. The maximum absolute atomic E-state index is 12.3. The topological polar surface area (TPSA) is 80.4 Å². The molecule has 0 bridgehead atoms. The highest BCUT2D eigenvalue weighted by Gasteiger charge is 2.06. The second-order valence-electron chi connectivity index (χ2n) is 6.52. The maximum atomic E-state index is 12.3. The zero-order chi connectivity index (χ0) is 19.9. The molecule has 1 heterocycles. The van der Waals surface area contributed by atoms with E-state index in [1.807, 2.05) is 42.5 Å². The quantitative estimate of drug-likeness (QED) is 0.630. The number of amides is 1. The Morgan fingerprint density at radius 2 is 1.68 bits per heavy atom. The van der Waals surface area contributed by atoms with Gasteiger partial charge in [0.15, 0.2) is 0 Å². The molecule has 0 atom stereocenters. The number of carbonyl (C=O) groups is 1.